The summed E-state index contributed by atoms with van der Waals surface area (Å²) in [6.45, 7) is 0.0360. The number of carbonyl (C=O) groups is 1. The van der Waals surface area contributed by atoms with Gasteiger partial charge in [-0.2, -0.15) is 5.10 Å². The van der Waals surface area contributed by atoms with Gasteiger partial charge in [-0.25, -0.2) is 4.79 Å². The van der Waals surface area contributed by atoms with E-state index in [0.717, 1.165) is 27.6 Å². The van der Waals surface area contributed by atoms with Crippen LogP contribution in [0, 0.1) is 0 Å². The second kappa shape index (κ2) is 8.45. The maximum Gasteiger partial charge on any atom is 0.407 e. The Morgan fingerprint density at radius 3 is 2.41 bits per heavy atom. The number of aromatic amines is 1. The van der Waals surface area contributed by atoms with E-state index in [1.807, 2.05) is 30.3 Å². The average molecular weight is 429 g/mol. The zero-order chi connectivity index (χ0) is 22.1. The van der Waals surface area contributed by atoms with Crippen molar-refractivity contribution in [2.24, 2.45) is 0 Å². The summed E-state index contributed by atoms with van der Waals surface area (Å²) >= 11 is 0. The van der Waals surface area contributed by atoms with Gasteiger partial charge in [0.05, 0.1) is 11.7 Å². The fourth-order valence-corrected chi connectivity index (χ4v) is 4.39. The number of fused-ring (bicyclic) bond motifs is 4. The zero-order valence-corrected chi connectivity index (χ0v) is 17.2. The predicted molar refractivity (Wildman–Crippen MR) is 120 cm³/mol. The molecule has 1 heterocycles. The molecular weight excluding hydrogens is 406 g/mol. The molecule has 0 radical (unpaired) electrons. The minimum absolute atomic E-state index is 0.0401. The van der Waals surface area contributed by atoms with Crippen LogP contribution in [0.4, 0.5) is 4.79 Å². The third-order valence-corrected chi connectivity index (χ3v) is 5.99. The number of aromatic nitrogens is 2. The van der Waals surface area contributed by atoms with Gasteiger partial charge in [-0.1, -0.05) is 66.7 Å². The summed E-state index contributed by atoms with van der Waals surface area (Å²) in [7, 11) is 0. The Morgan fingerprint density at radius 1 is 1.00 bits per heavy atom. The van der Waals surface area contributed by atoms with Crippen molar-refractivity contribution in [3.05, 3.63) is 89.6 Å². The van der Waals surface area contributed by atoms with Gasteiger partial charge >= 0.3 is 6.09 Å². The van der Waals surface area contributed by atoms with Crippen molar-refractivity contribution in [2.45, 2.75) is 18.1 Å². The predicted octanol–water partition coefficient (Wildman–Crippen LogP) is 3.50. The van der Waals surface area contributed by atoms with E-state index in [0.29, 0.717) is 11.1 Å². The molecule has 162 valence electrons. The van der Waals surface area contributed by atoms with Crippen molar-refractivity contribution >= 4 is 17.0 Å². The largest absolute Gasteiger partial charge is 0.449 e. The summed E-state index contributed by atoms with van der Waals surface area (Å²) in [5.41, 5.74) is 5.74. The smallest absolute Gasteiger partial charge is 0.407 e. The van der Waals surface area contributed by atoms with E-state index in [4.69, 9.17) is 4.74 Å². The Labute approximate surface area is 184 Å². The molecule has 0 saturated heterocycles. The first-order valence-electron chi connectivity index (χ1n) is 10.5. The van der Waals surface area contributed by atoms with E-state index in [-0.39, 0.29) is 19.1 Å². The van der Waals surface area contributed by atoms with Crippen LogP contribution in [-0.2, 0) is 4.74 Å². The van der Waals surface area contributed by atoms with Crippen LogP contribution < -0.4 is 5.32 Å². The minimum Gasteiger partial charge on any atom is -0.449 e. The number of para-hydroxylation sites is 1. The molecule has 4 N–H and O–H groups in total. The van der Waals surface area contributed by atoms with Crippen molar-refractivity contribution < 1.29 is 19.7 Å². The van der Waals surface area contributed by atoms with Crippen LogP contribution in [0.15, 0.2) is 72.9 Å². The molecule has 4 aromatic rings. The van der Waals surface area contributed by atoms with Crippen LogP contribution in [0.5, 0.6) is 0 Å². The quantitative estimate of drug-likeness (QED) is 0.375. The summed E-state index contributed by atoms with van der Waals surface area (Å²) in [5.74, 6) is -0.0401. The SMILES string of the molecule is O=C(NCC(O)C(O)c1cccc2cn[nH]c12)OCC1c2ccccc2-c2ccccc21. The lowest BCUT2D eigenvalue weighted by atomic mass is 9.98. The van der Waals surface area contributed by atoms with Gasteiger partial charge in [0.2, 0.25) is 0 Å². The molecule has 7 heteroatoms. The molecule has 1 amide bonds. The van der Waals surface area contributed by atoms with Gasteiger partial charge in [-0.3, -0.25) is 5.10 Å². The molecule has 0 spiro atoms. The number of nitrogens with zero attached hydrogens (tertiary/aromatic N) is 1. The first-order valence-corrected chi connectivity index (χ1v) is 10.5. The van der Waals surface area contributed by atoms with Gasteiger partial charge in [-0.05, 0) is 22.3 Å². The number of hydrogen-bond donors (Lipinski definition) is 4. The first-order chi connectivity index (χ1) is 15.6. The minimum atomic E-state index is -1.20. The summed E-state index contributed by atoms with van der Waals surface area (Å²) in [6, 6.07) is 21.6. The van der Waals surface area contributed by atoms with Gasteiger partial charge in [0, 0.05) is 23.4 Å². The van der Waals surface area contributed by atoms with Crippen molar-refractivity contribution in [1.82, 2.24) is 15.5 Å². The molecule has 0 fully saturated rings. The standard InChI is InChI=1S/C25H23N3O4/c29-22(24(30)20-11-5-6-15-12-27-28-23(15)20)13-26-25(31)32-14-21-18-9-3-1-7-16(18)17-8-2-4-10-19(17)21/h1-12,21-22,24,29-30H,13-14H2,(H,26,31)(H,27,28). The van der Waals surface area contributed by atoms with Crippen LogP contribution in [0.3, 0.4) is 0 Å². The number of alkyl carbamates (subject to hydrolysis) is 1. The average Bonchev–Trinajstić information content (AvgIpc) is 3.43. The summed E-state index contributed by atoms with van der Waals surface area (Å²) < 4.78 is 5.47. The molecule has 32 heavy (non-hydrogen) atoms. The summed E-state index contributed by atoms with van der Waals surface area (Å²) in [5, 5.41) is 31.1. The van der Waals surface area contributed by atoms with Crippen molar-refractivity contribution in [3.63, 3.8) is 0 Å². The number of nitrogens with one attached hydrogen (secondary N) is 2. The lowest BCUT2D eigenvalue weighted by Gasteiger charge is -2.20. The highest BCUT2D eigenvalue weighted by Gasteiger charge is 2.29. The molecule has 0 aliphatic heterocycles. The van der Waals surface area contributed by atoms with Gasteiger partial charge in [0.1, 0.15) is 18.8 Å². The first kappa shape index (κ1) is 20.2. The molecular formula is C25H23N3O4. The second-order valence-corrected chi connectivity index (χ2v) is 7.90. The van der Waals surface area contributed by atoms with Gasteiger partial charge in [0.15, 0.2) is 0 Å². The van der Waals surface area contributed by atoms with E-state index in [1.165, 1.54) is 0 Å². The van der Waals surface area contributed by atoms with E-state index in [9.17, 15) is 15.0 Å². The molecule has 2 atom stereocenters. The number of H-pyrrole nitrogens is 1. The Hall–Kier alpha value is -3.68. The number of hydrogen-bond acceptors (Lipinski definition) is 5. The lowest BCUT2D eigenvalue weighted by Crippen LogP contribution is -2.36. The molecule has 1 aromatic heterocycles. The number of ether oxygens (including phenoxy) is 1. The maximum absolute atomic E-state index is 12.3. The van der Waals surface area contributed by atoms with Crippen LogP contribution in [0.2, 0.25) is 0 Å². The van der Waals surface area contributed by atoms with E-state index in [2.05, 4.69) is 39.8 Å². The van der Waals surface area contributed by atoms with Crippen molar-refractivity contribution in [2.75, 3.05) is 13.2 Å². The van der Waals surface area contributed by atoms with Crippen molar-refractivity contribution in [1.29, 1.82) is 0 Å². The molecule has 0 bridgehead atoms. The highest BCUT2D eigenvalue weighted by molar-refractivity contribution is 5.81. The van der Waals surface area contributed by atoms with Crippen LogP contribution in [-0.4, -0.2) is 45.8 Å². The highest BCUT2D eigenvalue weighted by atomic mass is 16.5. The topological polar surface area (TPSA) is 107 Å². The molecule has 3 aromatic carbocycles. The van der Waals surface area contributed by atoms with E-state index < -0.39 is 18.3 Å². The van der Waals surface area contributed by atoms with Crippen LogP contribution in [0.1, 0.15) is 28.7 Å². The summed E-state index contributed by atoms with van der Waals surface area (Å²) in [4.78, 5) is 12.3. The number of aliphatic hydroxyl groups excluding tert-OH is 2. The maximum atomic E-state index is 12.3. The number of carbonyl (C=O) groups excluding carboxylic acids is 1. The van der Waals surface area contributed by atoms with E-state index >= 15 is 0 Å². The number of aliphatic hydroxyl groups is 2. The third kappa shape index (κ3) is 3.62. The Balaban J connectivity index is 1.20. The number of rotatable bonds is 6. The molecule has 0 saturated carbocycles. The number of benzene rings is 3. The Kier molecular flexibility index (Phi) is 5.34. The highest BCUT2D eigenvalue weighted by Crippen LogP contribution is 2.44. The van der Waals surface area contributed by atoms with E-state index in [1.54, 1.807) is 18.3 Å². The second-order valence-electron chi connectivity index (χ2n) is 7.90. The lowest BCUT2D eigenvalue weighted by molar-refractivity contribution is 0.0193. The normalized spacial score (nSPS) is 14.6. The van der Waals surface area contributed by atoms with Gasteiger partial charge < -0.3 is 20.3 Å². The molecule has 5 rings (SSSR count). The van der Waals surface area contributed by atoms with Crippen molar-refractivity contribution in [3.8, 4) is 11.1 Å². The zero-order valence-electron chi connectivity index (χ0n) is 17.2. The molecule has 2 unspecified atom stereocenters. The van der Waals surface area contributed by atoms with Gasteiger partial charge in [-0.15, -0.1) is 0 Å². The molecule has 1 aliphatic rings. The molecule has 7 nitrogen and oxygen atoms in total. The Morgan fingerprint density at radius 2 is 1.69 bits per heavy atom. The fourth-order valence-electron chi connectivity index (χ4n) is 4.39. The van der Waals surface area contributed by atoms with Gasteiger partial charge in [0.25, 0.3) is 0 Å². The monoisotopic (exact) mass is 429 g/mol. The fraction of sp³-hybridized carbons (Fsp3) is 0.200. The van der Waals surface area contributed by atoms with Crippen LogP contribution >= 0.6 is 0 Å². The number of amides is 1. The Bertz CT molecular complexity index is 1220. The summed E-state index contributed by atoms with van der Waals surface area (Å²) in [6.07, 6.45) is -1.39. The van der Waals surface area contributed by atoms with Crippen LogP contribution in [0.25, 0.3) is 22.0 Å². The molecule has 1 aliphatic carbocycles. The third-order valence-electron chi connectivity index (χ3n) is 5.99.